The molecule has 0 unspecified atom stereocenters. The minimum atomic E-state index is -0.462. The molecule has 1 aromatic carbocycles. The van der Waals surface area contributed by atoms with Crippen LogP contribution in [0.15, 0.2) is 24.3 Å². The van der Waals surface area contributed by atoms with Crippen LogP contribution in [0.4, 0.5) is 0 Å². The van der Waals surface area contributed by atoms with E-state index in [1.54, 1.807) is 24.3 Å². The lowest BCUT2D eigenvalue weighted by molar-refractivity contribution is 0.0838. The predicted molar refractivity (Wildman–Crippen MR) is 72.2 cm³/mol. The molecule has 0 bridgehead atoms. The van der Waals surface area contributed by atoms with Gasteiger partial charge in [-0.2, -0.15) is 0 Å². The van der Waals surface area contributed by atoms with Crippen molar-refractivity contribution in [3.05, 3.63) is 35.4 Å². The second-order valence-electron chi connectivity index (χ2n) is 5.23. The summed E-state index contributed by atoms with van der Waals surface area (Å²) in [5.41, 5.74) is 0.648. The number of benzene rings is 1. The molecule has 4 heteroatoms. The Labute approximate surface area is 112 Å². The number of aliphatic hydroxyl groups is 1. The van der Waals surface area contributed by atoms with Gasteiger partial charge in [0.1, 0.15) is 0 Å². The zero-order valence-corrected chi connectivity index (χ0v) is 11.1. The molecule has 0 aliphatic heterocycles. The molecule has 102 valence electrons. The highest BCUT2D eigenvalue weighted by atomic mass is 16.3. The van der Waals surface area contributed by atoms with Crippen molar-refractivity contribution in [3.63, 3.8) is 0 Å². The van der Waals surface area contributed by atoms with Crippen molar-refractivity contribution < 1.29 is 14.7 Å². The SMILES string of the molecule is CC(=O)c1ccc(C(=O)NC2(CO)CCCC2)cc1. The van der Waals surface area contributed by atoms with Crippen molar-refractivity contribution in [2.45, 2.75) is 38.1 Å². The number of Topliss-reactive ketones (excluding diaryl/α,β-unsaturated/α-hetero) is 1. The van der Waals surface area contributed by atoms with Crippen LogP contribution in [0.5, 0.6) is 0 Å². The van der Waals surface area contributed by atoms with Gasteiger partial charge in [0.2, 0.25) is 0 Å². The highest BCUT2D eigenvalue weighted by molar-refractivity contribution is 5.98. The van der Waals surface area contributed by atoms with Gasteiger partial charge in [-0.1, -0.05) is 25.0 Å². The van der Waals surface area contributed by atoms with Crippen LogP contribution < -0.4 is 5.32 Å². The highest BCUT2D eigenvalue weighted by Crippen LogP contribution is 2.29. The number of amides is 1. The van der Waals surface area contributed by atoms with Gasteiger partial charge in [-0.3, -0.25) is 9.59 Å². The Morgan fingerprint density at radius 3 is 2.16 bits per heavy atom. The maximum Gasteiger partial charge on any atom is 0.251 e. The zero-order valence-electron chi connectivity index (χ0n) is 11.1. The van der Waals surface area contributed by atoms with Crippen LogP contribution in [0, 0.1) is 0 Å². The molecule has 1 amide bonds. The van der Waals surface area contributed by atoms with E-state index in [1.807, 2.05) is 0 Å². The van der Waals surface area contributed by atoms with Crippen molar-refractivity contribution in [3.8, 4) is 0 Å². The number of rotatable bonds is 4. The first-order chi connectivity index (χ1) is 9.06. The van der Waals surface area contributed by atoms with Crippen LogP contribution in [0.25, 0.3) is 0 Å². The van der Waals surface area contributed by atoms with Crippen LogP contribution in [-0.4, -0.2) is 28.9 Å². The minimum absolute atomic E-state index is 0.0189. The van der Waals surface area contributed by atoms with E-state index in [-0.39, 0.29) is 18.3 Å². The molecule has 0 heterocycles. The lowest BCUT2D eigenvalue weighted by atomic mass is 9.98. The van der Waals surface area contributed by atoms with E-state index in [0.717, 1.165) is 25.7 Å². The van der Waals surface area contributed by atoms with Crippen molar-refractivity contribution in [2.75, 3.05) is 6.61 Å². The van der Waals surface area contributed by atoms with Crippen LogP contribution in [-0.2, 0) is 0 Å². The van der Waals surface area contributed by atoms with Crippen molar-refractivity contribution >= 4 is 11.7 Å². The first-order valence-electron chi connectivity index (χ1n) is 6.61. The quantitative estimate of drug-likeness (QED) is 0.814. The van der Waals surface area contributed by atoms with Gasteiger partial charge in [0, 0.05) is 11.1 Å². The molecular formula is C15H19NO3. The van der Waals surface area contributed by atoms with Gasteiger partial charge in [-0.05, 0) is 31.9 Å². The third kappa shape index (κ3) is 3.01. The van der Waals surface area contributed by atoms with Gasteiger partial charge >= 0.3 is 0 Å². The number of ketones is 1. The van der Waals surface area contributed by atoms with Crippen molar-refractivity contribution in [2.24, 2.45) is 0 Å². The third-order valence-corrected chi connectivity index (χ3v) is 3.80. The van der Waals surface area contributed by atoms with E-state index in [0.29, 0.717) is 11.1 Å². The molecule has 2 N–H and O–H groups in total. The summed E-state index contributed by atoms with van der Waals surface area (Å²) in [6, 6.07) is 6.59. The molecule has 0 saturated heterocycles. The van der Waals surface area contributed by atoms with E-state index in [4.69, 9.17) is 0 Å². The minimum Gasteiger partial charge on any atom is -0.394 e. The molecule has 4 nitrogen and oxygen atoms in total. The Hall–Kier alpha value is -1.68. The second-order valence-corrected chi connectivity index (χ2v) is 5.23. The van der Waals surface area contributed by atoms with E-state index < -0.39 is 5.54 Å². The van der Waals surface area contributed by atoms with Gasteiger partial charge in [0.15, 0.2) is 5.78 Å². The Morgan fingerprint density at radius 2 is 1.68 bits per heavy atom. The molecule has 1 aliphatic rings. The van der Waals surface area contributed by atoms with Crippen LogP contribution in [0.1, 0.15) is 53.3 Å². The summed E-state index contributed by atoms with van der Waals surface area (Å²) < 4.78 is 0. The van der Waals surface area contributed by atoms with E-state index in [9.17, 15) is 14.7 Å². The molecule has 0 aromatic heterocycles. The summed E-state index contributed by atoms with van der Waals surface area (Å²) >= 11 is 0. The summed E-state index contributed by atoms with van der Waals surface area (Å²) in [6.07, 6.45) is 3.70. The summed E-state index contributed by atoms with van der Waals surface area (Å²) in [5, 5.41) is 12.4. The van der Waals surface area contributed by atoms with Gasteiger partial charge in [-0.15, -0.1) is 0 Å². The Morgan fingerprint density at radius 1 is 1.16 bits per heavy atom. The third-order valence-electron chi connectivity index (χ3n) is 3.80. The van der Waals surface area contributed by atoms with Gasteiger partial charge in [-0.25, -0.2) is 0 Å². The summed E-state index contributed by atoms with van der Waals surface area (Å²) in [4.78, 5) is 23.3. The standard InChI is InChI=1S/C15H19NO3/c1-11(18)12-4-6-13(7-5-12)14(19)16-15(10-17)8-2-3-9-15/h4-7,17H,2-3,8-10H2,1H3,(H,16,19). The zero-order chi connectivity index (χ0) is 13.9. The molecule has 0 spiro atoms. The summed E-state index contributed by atoms with van der Waals surface area (Å²) in [5.74, 6) is -0.208. The lowest BCUT2D eigenvalue weighted by Gasteiger charge is -2.28. The fourth-order valence-electron chi connectivity index (χ4n) is 2.54. The van der Waals surface area contributed by atoms with Crippen molar-refractivity contribution in [1.29, 1.82) is 0 Å². The molecule has 1 aromatic rings. The average molecular weight is 261 g/mol. The van der Waals surface area contributed by atoms with Crippen LogP contribution in [0.3, 0.4) is 0 Å². The second kappa shape index (κ2) is 5.53. The average Bonchev–Trinajstić information content (AvgIpc) is 2.88. The maximum absolute atomic E-state index is 12.1. The summed E-state index contributed by atoms with van der Waals surface area (Å²) in [7, 11) is 0. The fourth-order valence-corrected chi connectivity index (χ4v) is 2.54. The topological polar surface area (TPSA) is 66.4 Å². The first-order valence-corrected chi connectivity index (χ1v) is 6.61. The fraction of sp³-hybridized carbons (Fsp3) is 0.467. The maximum atomic E-state index is 12.1. The predicted octanol–water partition coefficient (Wildman–Crippen LogP) is 1.92. The van der Waals surface area contributed by atoms with Crippen LogP contribution >= 0.6 is 0 Å². The number of hydrogen-bond donors (Lipinski definition) is 2. The van der Waals surface area contributed by atoms with Crippen molar-refractivity contribution in [1.82, 2.24) is 5.32 Å². The summed E-state index contributed by atoms with van der Waals surface area (Å²) in [6.45, 7) is 1.47. The lowest BCUT2D eigenvalue weighted by Crippen LogP contribution is -2.49. The first kappa shape index (κ1) is 13.7. The normalized spacial score (nSPS) is 17.2. The number of hydrogen-bond acceptors (Lipinski definition) is 3. The smallest absolute Gasteiger partial charge is 0.251 e. The molecule has 1 saturated carbocycles. The number of carbonyl (C=O) groups is 2. The molecule has 1 aliphatic carbocycles. The molecule has 0 radical (unpaired) electrons. The highest BCUT2D eigenvalue weighted by Gasteiger charge is 2.34. The number of carbonyl (C=O) groups excluding carboxylic acids is 2. The van der Waals surface area contributed by atoms with E-state index >= 15 is 0 Å². The van der Waals surface area contributed by atoms with E-state index in [2.05, 4.69) is 5.32 Å². The Balaban J connectivity index is 2.09. The number of aliphatic hydroxyl groups excluding tert-OH is 1. The number of nitrogens with one attached hydrogen (secondary N) is 1. The van der Waals surface area contributed by atoms with Gasteiger partial charge in [0.25, 0.3) is 5.91 Å². The van der Waals surface area contributed by atoms with E-state index in [1.165, 1.54) is 6.92 Å². The largest absolute Gasteiger partial charge is 0.394 e. The Kier molecular flexibility index (Phi) is 4.00. The Bertz CT molecular complexity index is 473. The molecular weight excluding hydrogens is 242 g/mol. The monoisotopic (exact) mass is 261 g/mol. The molecule has 2 rings (SSSR count). The molecule has 0 atom stereocenters. The van der Waals surface area contributed by atoms with Gasteiger partial charge in [0.05, 0.1) is 12.1 Å². The molecule has 1 fully saturated rings. The van der Waals surface area contributed by atoms with Crippen LogP contribution in [0.2, 0.25) is 0 Å². The molecule has 19 heavy (non-hydrogen) atoms. The van der Waals surface area contributed by atoms with Gasteiger partial charge < -0.3 is 10.4 Å².